The Morgan fingerprint density at radius 3 is 2.30 bits per heavy atom. The third-order valence-corrected chi connectivity index (χ3v) is 2.62. The fourth-order valence-corrected chi connectivity index (χ4v) is 1.00. The Hall–Kier alpha value is 0.440. The van der Waals surface area contributed by atoms with Crippen LogP contribution >= 0.6 is 15.9 Å². The highest BCUT2D eigenvalue weighted by Crippen LogP contribution is 2.16. The number of aliphatic hydroxyl groups is 1. The van der Waals surface area contributed by atoms with Crippen LogP contribution in [0.5, 0.6) is 0 Å². The van der Waals surface area contributed by atoms with Crippen LogP contribution in [0.25, 0.3) is 0 Å². The first-order chi connectivity index (χ1) is 4.45. The molecule has 2 heteroatoms. The Bertz CT molecular complexity index is 85.7. The third kappa shape index (κ3) is 6.56. The maximum atomic E-state index is 9.35. The summed E-state index contributed by atoms with van der Waals surface area (Å²) in [5.74, 6) is 0.673. The van der Waals surface area contributed by atoms with Crippen molar-refractivity contribution in [2.24, 2.45) is 5.92 Å². The minimum atomic E-state index is -0.490. The van der Waals surface area contributed by atoms with Crippen LogP contribution in [-0.4, -0.2) is 16.0 Å². The van der Waals surface area contributed by atoms with Gasteiger partial charge < -0.3 is 5.11 Å². The molecule has 1 N–H and O–H groups in total. The number of hydrogen-bond acceptors (Lipinski definition) is 1. The maximum absolute atomic E-state index is 9.35. The van der Waals surface area contributed by atoms with Gasteiger partial charge in [0.1, 0.15) is 0 Å². The molecule has 1 atom stereocenters. The first-order valence-electron chi connectivity index (χ1n) is 3.74. The maximum Gasteiger partial charge on any atom is 0.0591 e. The molecule has 0 spiro atoms. The Labute approximate surface area is 72.0 Å². The van der Waals surface area contributed by atoms with Gasteiger partial charge in [0, 0.05) is 5.33 Å². The zero-order valence-corrected chi connectivity index (χ0v) is 8.61. The number of halogens is 1. The minimum Gasteiger partial charge on any atom is -0.390 e. The molecular weight excluding hydrogens is 192 g/mol. The topological polar surface area (TPSA) is 20.2 Å². The zero-order valence-electron chi connectivity index (χ0n) is 7.02. The number of alkyl halides is 1. The summed E-state index contributed by atoms with van der Waals surface area (Å²) in [4.78, 5) is 0. The summed E-state index contributed by atoms with van der Waals surface area (Å²) in [7, 11) is 0. The van der Waals surface area contributed by atoms with Crippen molar-refractivity contribution in [1.82, 2.24) is 0 Å². The fraction of sp³-hybridized carbons (Fsp3) is 1.00. The van der Waals surface area contributed by atoms with Crippen molar-refractivity contribution in [1.29, 1.82) is 0 Å². The summed E-state index contributed by atoms with van der Waals surface area (Å²) in [5.41, 5.74) is -0.490. The van der Waals surface area contributed by atoms with Crippen LogP contribution in [0, 0.1) is 5.92 Å². The minimum absolute atomic E-state index is 0.490. The molecule has 0 fully saturated rings. The van der Waals surface area contributed by atoms with E-state index < -0.39 is 5.60 Å². The first kappa shape index (κ1) is 10.4. The molecular formula is C8H17BrO. The van der Waals surface area contributed by atoms with Crippen molar-refractivity contribution >= 4 is 15.9 Å². The van der Waals surface area contributed by atoms with E-state index in [4.69, 9.17) is 0 Å². The lowest BCUT2D eigenvalue weighted by atomic mass is 9.97. The standard InChI is InChI=1S/C8H17BrO/c1-7(6-9)4-5-8(2,3)10/h7,10H,4-6H2,1-3H3. The highest BCUT2D eigenvalue weighted by molar-refractivity contribution is 9.09. The Balaban J connectivity index is 3.36. The molecule has 0 aliphatic carbocycles. The van der Waals surface area contributed by atoms with E-state index >= 15 is 0 Å². The first-order valence-corrected chi connectivity index (χ1v) is 4.86. The average molecular weight is 209 g/mol. The second-order valence-corrected chi connectivity index (χ2v) is 4.26. The van der Waals surface area contributed by atoms with Crippen LogP contribution < -0.4 is 0 Å². The van der Waals surface area contributed by atoms with Gasteiger partial charge in [-0.15, -0.1) is 0 Å². The smallest absolute Gasteiger partial charge is 0.0591 e. The summed E-state index contributed by atoms with van der Waals surface area (Å²) in [6.07, 6.45) is 1.98. The quantitative estimate of drug-likeness (QED) is 0.705. The average Bonchev–Trinajstić information content (AvgIpc) is 1.81. The monoisotopic (exact) mass is 208 g/mol. The van der Waals surface area contributed by atoms with Crippen molar-refractivity contribution in [3.05, 3.63) is 0 Å². The number of rotatable bonds is 4. The van der Waals surface area contributed by atoms with Gasteiger partial charge in [-0.3, -0.25) is 0 Å². The molecule has 0 saturated heterocycles. The molecule has 0 heterocycles. The molecule has 0 saturated carbocycles. The van der Waals surface area contributed by atoms with Crippen LogP contribution in [0.2, 0.25) is 0 Å². The van der Waals surface area contributed by atoms with Crippen LogP contribution in [0.4, 0.5) is 0 Å². The molecule has 1 unspecified atom stereocenters. The highest BCUT2D eigenvalue weighted by atomic mass is 79.9. The predicted molar refractivity (Wildman–Crippen MR) is 48.5 cm³/mol. The molecule has 0 rings (SSSR count). The summed E-state index contributed by atoms with van der Waals surface area (Å²) in [6.45, 7) is 5.89. The molecule has 10 heavy (non-hydrogen) atoms. The summed E-state index contributed by atoms with van der Waals surface area (Å²) < 4.78 is 0. The van der Waals surface area contributed by atoms with Crippen LogP contribution in [0.1, 0.15) is 33.6 Å². The van der Waals surface area contributed by atoms with Crippen LogP contribution in [0.15, 0.2) is 0 Å². The molecule has 0 bridgehead atoms. The van der Waals surface area contributed by atoms with Gasteiger partial charge in [-0.2, -0.15) is 0 Å². The second-order valence-electron chi connectivity index (χ2n) is 3.61. The van der Waals surface area contributed by atoms with Crippen molar-refractivity contribution in [2.45, 2.75) is 39.2 Å². The molecule has 0 aromatic heterocycles. The van der Waals surface area contributed by atoms with Crippen LogP contribution in [0.3, 0.4) is 0 Å². The second kappa shape index (κ2) is 4.35. The molecule has 0 aliphatic heterocycles. The van der Waals surface area contributed by atoms with E-state index in [1.54, 1.807) is 0 Å². The van der Waals surface area contributed by atoms with E-state index in [9.17, 15) is 5.11 Å². The summed E-state index contributed by atoms with van der Waals surface area (Å²) in [6, 6.07) is 0. The molecule has 62 valence electrons. The van der Waals surface area contributed by atoms with E-state index in [1.165, 1.54) is 0 Å². The van der Waals surface area contributed by atoms with Gasteiger partial charge in [-0.05, 0) is 32.6 Å². The van der Waals surface area contributed by atoms with Crippen molar-refractivity contribution in [2.75, 3.05) is 5.33 Å². The normalized spacial score (nSPS) is 15.3. The number of hydrogen-bond donors (Lipinski definition) is 1. The van der Waals surface area contributed by atoms with Gasteiger partial charge in [-0.25, -0.2) is 0 Å². The van der Waals surface area contributed by atoms with Crippen molar-refractivity contribution in [3.8, 4) is 0 Å². The lowest BCUT2D eigenvalue weighted by Crippen LogP contribution is -2.19. The Morgan fingerprint density at radius 2 is 2.00 bits per heavy atom. The van der Waals surface area contributed by atoms with E-state index in [0.29, 0.717) is 5.92 Å². The molecule has 1 nitrogen and oxygen atoms in total. The Morgan fingerprint density at radius 1 is 1.50 bits per heavy atom. The van der Waals surface area contributed by atoms with Crippen molar-refractivity contribution in [3.63, 3.8) is 0 Å². The van der Waals surface area contributed by atoms with Crippen molar-refractivity contribution < 1.29 is 5.11 Å². The van der Waals surface area contributed by atoms with Gasteiger partial charge >= 0.3 is 0 Å². The summed E-state index contributed by atoms with van der Waals surface area (Å²) in [5, 5.41) is 10.4. The molecule has 0 aromatic rings. The SMILES string of the molecule is CC(CBr)CCC(C)(C)O. The van der Waals surface area contributed by atoms with E-state index in [1.807, 2.05) is 13.8 Å². The molecule has 0 aromatic carbocycles. The van der Waals surface area contributed by atoms with Gasteiger partial charge in [0.25, 0.3) is 0 Å². The lowest BCUT2D eigenvalue weighted by molar-refractivity contribution is 0.0653. The van der Waals surface area contributed by atoms with Gasteiger partial charge in [0.2, 0.25) is 0 Å². The lowest BCUT2D eigenvalue weighted by Gasteiger charge is -2.18. The van der Waals surface area contributed by atoms with Gasteiger partial charge in [-0.1, -0.05) is 22.9 Å². The highest BCUT2D eigenvalue weighted by Gasteiger charge is 2.13. The molecule has 0 aliphatic rings. The van der Waals surface area contributed by atoms with E-state index in [2.05, 4.69) is 22.9 Å². The van der Waals surface area contributed by atoms with E-state index in [-0.39, 0.29) is 0 Å². The van der Waals surface area contributed by atoms with Crippen LogP contribution in [-0.2, 0) is 0 Å². The summed E-state index contributed by atoms with van der Waals surface area (Å²) >= 11 is 3.40. The third-order valence-electron chi connectivity index (χ3n) is 1.51. The zero-order chi connectivity index (χ0) is 8.20. The van der Waals surface area contributed by atoms with Gasteiger partial charge in [0.05, 0.1) is 5.60 Å². The molecule has 0 amide bonds. The predicted octanol–water partition coefficient (Wildman–Crippen LogP) is 2.57. The molecule has 0 radical (unpaired) electrons. The fourth-order valence-electron chi connectivity index (χ4n) is 0.677. The Kier molecular flexibility index (Phi) is 4.54. The van der Waals surface area contributed by atoms with E-state index in [0.717, 1.165) is 18.2 Å². The van der Waals surface area contributed by atoms with Gasteiger partial charge in [0.15, 0.2) is 0 Å². The largest absolute Gasteiger partial charge is 0.390 e.